The SMILES string of the molecule is NCc1ccccc1S(=O)(=O)N(CCO)C1CCC1. The molecule has 0 aliphatic heterocycles. The molecule has 0 atom stereocenters. The molecule has 19 heavy (non-hydrogen) atoms. The number of hydrogen-bond acceptors (Lipinski definition) is 4. The van der Waals surface area contributed by atoms with E-state index < -0.39 is 10.0 Å². The van der Waals surface area contributed by atoms with E-state index >= 15 is 0 Å². The van der Waals surface area contributed by atoms with Gasteiger partial charge in [0.1, 0.15) is 0 Å². The van der Waals surface area contributed by atoms with Crippen molar-refractivity contribution in [3.8, 4) is 0 Å². The maximum absolute atomic E-state index is 12.7. The minimum atomic E-state index is -3.57. The largest absolute Gasteiger partial charge is 0.395 e. The first-order valence-electron chi connectivity index (χ1n) is 6.52. The summed E-state index contributed by atoms with van der Waals surface area (Å²) in [6.45, 7) is 0.166. The van der Waals surface area contributed by atoms with Crippen molar-refractivity contribution in [1.29, 1.82) is 0 Å². The molecule has 6 heteroatoms. The summed E-state index contributed by atoms with van der Waals surface area (Å²) in [5.41, 5.74) is 6.23. The molecule has 1 aromatic carbocycles. The van der Waals surface area contributed by atoms with Gasteiger partial charge >= 0.3 is 0 Å². The Morgan fingerprint density at radius 3 is 2.53 bits per heavy atom. The van der Waals surface area contributed by atoms with Gasteiger partial charge in [-0.05, 0) is 24.5 Å². The van der Waals surface area contributed by atoms with Crippen molar-refractivity contribution >= 4 is 10.0 Å². The van der Waals surface area contributed by atoms with Crippen LogP contribution in [0, 0.1) is 0 Å². The Balaban J connectivity index is 2.38. The van der Waals surface area contributed by atoms with Crippen molar-refractivity contribution in [1.82, 2.24) is 4.31 Å². The second kappa shape index (κ2) is 6.00. The molecule has 0 aromatic heterocycles. The molecule has 0 heterocycles. The molecular formula is C13H20N2O3S. The topological polar surface area (TPSA) is 83.6 Å². The molecular weight excluding hydrogens is 264 g/mol. The maximum atomic E-state index is 12.7. The number of aliphatic hydroxyl groups excluding tert-OH is 1. The van der Waals surface area contributed by atoms with Crippen molar-refractivity contribution < 1.29 is 13.5 Å². The lowest BCUT2D eigenvalue weighted by Crippen LogP contribution is -2.45. The van der Waals surface area contributed by atoms with Crippen LogP contribution in [0.1, 0.15) is 24.8 Å². The maximum Gasteiger partial charge on any atom is 0.243 e. The first kappa shape index (κ1) is 14.5. The highest BCUT2D eigenvalue weighted by Crippen LogP contribution is 2.30. The Kier molecular flexibility index (Phi) is 4.57. The number of sulfonamides is 1. The van der Waals surface area contributed by atoms with Crippen LogP contribution in [0.5, 0.6) is 0 Å². The second-order valence-electron chi connectivity index (χ2n) is 4.74. The van der Waals surface area contributed by atoms with E-state index in [1.165, 1.54) is 4.31 Å². The van der Waals surface area contributed by atoms with Gasteiger partial charge in [0.25, 0.3) is 0 Å². The summed E-state index contributed by atoms with van der Waals surface area (Å²) in [6, 6.07) is 6.80. The molecule has 1 aromatic rings. The third kappa shape index (κ3) is 2.81. The highest BCUT2D eigenvalue weighted by atomic mass is 32.2. The zero-order valence-electron chi connectivity index (χ0n) is 10.8. The van der Waals surface area contributed by atoms with Crippen molar-refractivity contribution in [3.63, 3.8) is 0 Å². The molecule has 1 aliphatic rings. The highest BCUT2D eigenvalue weighted by Gasteiger charge is 2.35. The Labute approximate surface area is 114 Å². The summed E-state index contributed by atoms with van der Waals surface area (Å²) in [5.74, 6) is 0. The summed E-state index contributed by atoms with van der Waals surface area (Å²) >= 11 is 0. The molecule has 1 aliphatic carbocycles. The number of nitrogens with two attached hydrogens (primary N) is 1. The zero-order chi connectivity index (χ0) is 13.9. The fourth-order valence-electron chi connectivity index (χ4n) is 2.32. The molecule has 106 valence electrons. The predicted octanol–water partition coefficient (Wildman–Crippen LogP) is 0.681. The summed E-state index contributed by atoms with van der Waals surface area (Å²) in [4.78, 5) is 0.262. The van der Waals surface area contributed by atoms with Crippen molar-refractivity contribution in [2.45, 2.75) is 36.7 Å². The average Bonchev–Trinajstić information content (AvgIpc) is 2.36. The molecule has 0 bridgehead atoms. The molecule has 3 N–H and O–H groups in total. The number of hydrogen-bond donors (Lipinski definition) is 2. The van der Waals surface area contributed by atoms with Crippen LogP contribution in [0.15, 0.2) is 29.2 Å². The van der Waals surface area contributed by atoms with Crippen LogP contribution in [0.3, 0.4) is 0 Å². The molecule has 0 unspecified atom stereocenters. The van der Waals surface area contributed by atoms with Crippen LogP contribution in [-0.4, -0.2) is 37.0 Å². The smallest absolute Gasteiger partial charge is 0.243 e. The van der Waals surface area contributed by atoms with E-state index in [0.717, 1.165) is 19.3 Å². The third-order valence-corrected chi connectivity index (χ3v) is 5.63. The van der Waals surface area contributed by atoms with Crippen molar-refractivity contribution in [2.24, 2.45) is 5.73 Å². The molecule has 0 spiro atoms. The van der Waals surface area contributed by atoms with Crippen molar-refractivity contribution in [3.05, 3.63) is 29.8 Å². The molecule has 1 saturated carbocycles. The summed E-state index contributed by atoms with van der Waals surface area (Å²) in [7, 11) is -3.57. The lowest BCUT2D eigenvalue weighted by Gasteiger charge is -2.36. The first-order valence-corrected chi connectivity index (χ1v) is 7.96. The van der Waals surface area contributed by atoms with Crippen LogP contribution in [0.4, 0.5) is 0 Å². The Morgan fingerprint density at radius 2 is 2.00 bits per heavy atom. The standard InChI is InChI=1S/C13H20N2O3S/c14-10-11-4-1-2-7-13(11)19(17,18)15(8-9-16)12-5-3-6-12/h1-2,4,7,12,16H,3,5-6,8-10,14H2. The lowest BCUT2D eigenvalue weighted by atomic mass is 9.93. The molecule has 5 nitrogen and oxygen atoms in total. The quantitative estimate of drug-likeness (QED) is 0.804. The van der Waals surface area contributed by atoms with Crippen LogP contribution in [0.25, 0.3) is 0 Å². The van der Waals surface area contributed by atoms with E-state index in [9.17, 15) is 8.42 Å². The molecule has 1 fully saturated rings. The van der Waals surface area contributed by atoms with E-state index in [-0.39, 0.29) is 30.6 Å². The van der Waals surface area contributed by atoms with Crippen LogP contribution >= 0.6 is 0 Å². The van der Waals surface area contributed by atoms with Gasteiger partial charge in [-0.1, -0.05) is 24.6 Å². The van der Waals surface area contributed by atoms with Gasteiger partial charge in [0.15, 0.2) is 0 Å². The van der Waals surface area contributed by atoms with Gasteiger partial charge in [-0.3, -0.25) is 0 Å². The molecule has 0 saturated heterocycles. The van der Waals surface area contributed by atoms with E-state index in [0.29, 0.717) is 5.56 Å². The summed E-state index contributed by atoms with van der Waals surface area (Å²) in [6.07, 6.45) is 2.77. The van der Waals surface area contributed by atoms with Gasteiger partial charge in [0.2, 0.25) is 10.0 Å². The van der Waals surface area contributed by atoms with Gasteiger partial charge in [0.05, 0.1) is 11.5 Å². The van der Waals surface area contributed by atoms with Gasteiger partial charge < -0.3 is 10.8 Å². The van der Waals surface area contributed by atoms with E-state index in [1.54, 1.807) is 24.3 Å². The lowest BCUT2D eigenvalue weighted by molar-refractivity contribution is 0.178. The Bertz CT molecular complexity index is 526. The zero-order valence-corrected chi connectivity index (χ0v) is 11.6. The predicted molar refractivity (Wildman–Crippen MR) is 73.0 cm³/mol. The third-order valence-electron chi connectivity index (χ3n) is 3.58. The molecule has 2 rings (SSSR count). The van der Waals surface area contributed by atoms with Gasteiger partial charge in [0, 0.05) is 19.1 Å². The average molecular weight is 284 g/mol. The van der Waals surface area contributed by atoms with Gasteiger partial charge in [-0.15, -0.1) is 0 Å². The minimum Gasteiger partial charge on any atom is -0.395 e. The number of aliphatic hydroxyl groups is 1. The highest BCUT2D eigenvalue weighted by molar-refractivity contribution is 7.89. The first-order chi connectivity index (χ1) is 9.11. The normalized spacial score (nSPS) is 16.6. The van der Waals surface area contributed by atoms with Gasteiger partial charge in [-0.2, -0.15) is 4.31 Å². The minimum absolute atomic E-state index is 0.0166. The van der Waals surface area contributed by atoms with E-state index in [2.05, 4.69) is 0 Å². The van der Waals surface area contributed by atoms with Crippen molar-refractivity contribution in [2.75, 3.05) is 13.2 Å². The summed E-state index contributed by atoms with van der Waals surface area (Å²) < 4.78 is 26.8. The summed E-state index contributed by atoms with van der Waals surface area (Å²) in [5, 5.41) is 9.11. The monoisotopic (exact) mass is 284 g/mol. The van der Waals surface area contributed by atoms with E-state index in [1.807, 2.05) is 0 Å². The Hall–Kier alpha value is -0.950. The fraction of sp³-hybridized carbons (Fsp3) is 0.538. The molecule has 0 amide bonds. The molecule has 0 radical (unpaired) electrons. The number of benzene rings is 1. The number of nitrogens with zero attached hydrogens (tertiary/aromatic N) is 1. The number of rotatable bonds is 6. The van der Waals surface area contributed by atoms with Crippen LogP contribution in [-0.2, 0) is 16.6 Å². The van der Waals surface area contributed by atoms with Crippen LogP contribution < -0.4 is 5.73 Å². The van der Waals surface area contributed by atoms with Crippen LogP contribution in [0.2, 0.25) is 0 Å². The fourth-order valence-corrected chi connectivity index (χ4v) is 4.23. The van der Waals surface area contributed by atoms with E-state index in [4.69, 9.17) is 10.8 Å². The Morgan fingerprint density at radius 1 is 1.32 bits per heavy atom. The van der Waals surface area contributed by atoms with Gasteiger partial charge in [-0.25, -0.2) is 8.42 Å². The second-order valence-corrected chi connectivity index (χ2v) is 6.59.